The molecule has 0 amide bonds. The number of Topliss-reactive ketones (excluding diaryl/α,β-unsaturated/α-hetero) is 1. The number of nitrogens with one attached hydrogen (secondary N) is 2. The van der Waals surface area contributed by atoms with E-state index >= 15 is 0 Å². The normalized spacial score (nSPS) is 19.9. The van der Waals surface area contributed by atoms with Crippen molar-refractivity contribution in [2.75, 3.05) is 17.7 Å². The number of anilines is 2. The highest BCUT2D eigenvalue weighted by Gasteiger charge is 2.37. The van der Waals surface area contributed by atoms with E-state index in [9.17, 15) is 18.0 Å². The number of hydrogen-bond acceptors (Lipinski definition) is 4. The first-order chi connectivity index (χ1) is 16.3. The molecule has 0 saturated carbocycles. The molecule has 1 aliphatic carbocycles. The van der Waals surface area contributed by atoms with Crippen LogP contribution >= 0.6 is 0 Å². The monoisotopic (exact) mass is 464 g/mol. The molecule has 1 heterocycles. The summed E-state index contributed by atoms with van der Waals surface area (Å²) in [5, 5.41) is 6.83. The third-order valence-corrected chi connectivity index (χ3v) is 6.45. The number of hydrogen-bond donors (Lipinski definition) is 2. The van der Waals surface area contributed by atoms with Crippen LogP contribution in [0.1, 0.15) is 41.5 Å². The van der Waals surface area contributed by atoms with Gasteiger partial charge in [-0.2, -0.15) is 13.2 Å². The van der Waals surface area contributed by atoms with Crippen molar-refractivity contribution in [1.29, 1.82) is 0 Å². The van der Waals surface area contributed by atoms with Gasteiger partial charge in [0.05, 0.1) is 30.1 Å². The molecule has 3 aromatic carbocycles. The number of fused-ring (bicyclic) bond motifs is 1. The Morgan fingerprint density at radius 2 is 1.62 bits per heavy atom. The molecule has 5 rings (SSSR count). The lowest BCUT2D eigenvalue weighted by Gasteiger charge is -2.30. The van der Waals surface area contributed by atoms with Gasteiger partial charge in [-0.3, -0.25) is 4.79 Å². The summed E-state index contributed by atoms with van der Waals surface area (Å²) in [7, 11) is 1.61. The maximum Gasteiger partial charge on any atom is 0.416 e. The Labute approximate surface area is 195 Å². The molecule has 7 heteroatoms. The molecule has 0 spiro atoms. The molecule has 3 aromatic rings. The van der Waals surface area contributed by atoms with Gasteiger partial charge >= 0.3 is 6.18 Å². The summed E-state index contributed by atoms with van der Waals surface area (Å²) in [4.78, 5) is 13.5. The number of para-hydroxylation sites is 2. The number of ketones is 1. The summed E-state index contributed by atoms with van der Waals surface area (Å²) in [6.45, 7) is 0. The number of ether oxygens (including phenoxy) is 1. The van der Waals surface area contributed by atoms with E-state index in [1.54, 1.807) is 7.11 Å². The van der Waals surface area contributed by atoms with Crippen molar-refractivity contribution in [3.63, 3.8) is 0 Å². The van der Waals surface area contributed by atoms with E-state index in [0.717, 1.165) is 40.5 Å². The van der Waals surface area contributed by atoms with E-state index in [1.165, 1.54) is 12.1 Å². The van der Waals surface area contributed by atoms with Gasteiger partial charge in [0.15, 0.2) is 5.78 Å². The van der Waals surface area contributed by atoms with Crippen LogP contribution in [0.4, 0.5) is 24.5 Å². The molecule has 2 atom stereocenters. The van der Waals surface area contributed by atoms with Crippen LogP contribution in [-0.2, 0) is 11.0 Å². The topological polar surface area (TPSA) is 50.4 Å². The Hall–Kier alpha value is -3.74. The van der Waals surface area contributed by atoms with Crippen LogP contribution < -0.4 is 15.4 Å². The molecule has 4 nitrogen and oxygen atoms in total. The molecule has 2 aliphatic rings. The van der Waals surface area contributed by atoms with Crippen LogP contribution in [0.3, 0.4) is 0 Å². The van der Waals surface area contributed by atoms with E-state index in [4.69, 9.17) is 4.74 Å². The molecule has 0 fully saturated rings. The van der Waals surface area contributed by atoms with Gasteiger partial charge in [-0.25, -0.2) is 0 Å². The van der Waals surface area contributed by atoms with Crippen LogP contribution in [0, 0.1) is 0 Å². The van der Waals surface area contributed by atoms with Gasteiger partial charge in [-0.05, 0) is 59.9 Å². The van der Waals surface area contributed by atoms with Gasteiger partial charge in [-0.1, -0.05) is 36.4 Å². The molecule has 1 aliphatic heterocycles. The molecular weight excluding hydrogens is 441 g/mol. The predicted octanol–water partition coefficient (Wildman–Crippen LogP) is 6.69. The van der Waals surface area contributed by atoms with Crippen molar-refractivity contribution in [2.24, 2.45) is 0 Å². The number of carbonyl (C=O) groups excluding carboxylic acids is 1. The Morgan fingerprint density at radius 3 is 2.32 bits per heavy atom. The standard InChI is InChI=1S/C27H23F3N2O2/c1-34-20-6-4-5-17(13-20)18-14-23-25(24(33)15-18)26(32-22-8-3-2-7-21(22)31-23)16-9-11-19(12-10-16)27(28,29)30/h2-13,18,26,31-32H,14-15H2,1H3/t18-,26+/m1/s1. The van der Waals surface area contributed by atoms with E-state index in [1.807, 2.05) is 48.5 Å². The van der Waals surface area contributed by atoms with Gasteiger partial charge in [0, 0.05) is 17.7 Å². The van der Waals surface area contributed by atoms with Gasteiger partial charge < -0.3 is 15.4 Å². The Kier molecular flexibility index (Phi) is 5.55. The van der Waals surface area contributed by atoms with Crippen LogP contribution in [0.25, 0.3) is 0 Å². The van der Waals surface area contributed by atoms with Crippen LogP contribution in [0.5, 0.6) is 5.75 Å². The Morgan fingerprint density at radius 1 is 0.882 bits per heavy atom. The maximum atomic E-state index is 13.5. The van der Waals surface area contributed by atoms with Crippen molar-refractivity contribution in [3.8, 4) is 5.75 Å². The van der Waals surface area contributed by atoms with Crippen molar-refractivity contribution in [3.05, 3.63) is 101 Å². The number of halogens is 3. The minimum Gasteiger partial charge on any atom is -0.497 e. The second-order valence-electron chi connectivity index (χ2n) is 8.56. The lowest BCUT2D eigenvalue weighted by molar-refractivity contribution is -0.137. The summed E-state index contributed by atoms with van der Waals surface area (Å²) < 4.78 is 44.7. The van der Waals surface area contributed by atoms with Crippen molar-refractivity contribution in [1.82, 2.24) is 0 Å². The number of rotatable bonds is 3. The SMILES string of the molecule is COc1cccc([C@H]2CC(=O)C3=C(C2)Nc2ccccc2N[C@H]3c2ccc(C(F)(F)F)cc2)c1. The number of alkyl halides is 3. The predicted molar refractivity (Wildman–Crippen MR) is 125 cm³/mol. The lowest BCUT2D eigenvalue weighted by Crippen LogP contribution is -2.27. The molecule has 0 saturated heterocycles. The molecule has 0 unspecified atom stereocenters. The third kappa shape index (κ3) is 4.14. The van der Waals surface area contributed by atoms with Gasteiger partial charge in [-0.15, -0.1) is 0 Å². The van der Waals surface area contributed by atoms with Crippen molar-refractivity contribution in [2.45, 2.75) is 31.0 Å². The maximum absolute atomic E-state index is 13.5. The summed E-state index contributed by atoms with van der Waals surface area (Å²) in [5.41, 5.74) is 3.85. The summed E-state index contributed by atoms with van der Waals surface area (Å²) >= 11 is 0. The second kappa shape index (κ2) is 8.56. The molecule has 0 bridgehead atoms. The average molecular weight is 464 g/mol. The highest BCUT2D eigenvalue weighted by molar-refractivity contribution is 6.01. The van der Waals surface area contributed by atoms with Gasteiger partial charge in [0.1, 0.15) is 5.75 Å². The highest BCUT2D eigenvalue weighted by Crippen LogP contribution is 2.44. The number of allylic oxidation sites excluding steroid dienone is 1. The summed E-state index contributed by atoms with van der Waals surface area (Å²) in [6.07, 6.45) is -3.51. The average Bonchev–Trinajstić information content (AvgIpc) is 3.00. The van der Waals surface area contributed by atoms with Crippen molar-refractivity contribution < 1.29 is 22.7 Å². The second-order valence-corrected chi connectivity index (χ2v) is 8.56. The van der Waals surface area contributed by atoms with Gasteiger partial charge in [0.25, 0.3) is 0 Å². The molecule has 0 radical (unpaired) electrons. The largest absolute Gasteiger partial charge is 0.497 e. The third-order valence-electron chi connectivity index (χ3n) is 6.45. The van der Waals surface area contributed by atoms with Crippen LogP contribution in [-0.4, -0.2) is 12.9 Å². The van der Waals surface area contributed by atoms with Crippen LogP contribution in [0.15, 0.2) is 84.1 Å². The Bertz CT molecular complexity index is 1270. The minimum atomic E-state index is -4.42. The van der Waals surface area contributed by atoms with Crippen molar-refractivity contribution >= 4 is 17.2 Å². The lowest BCUT2D eigenvalue weighted by atomic mass is 9.78. The highest BCUT2D eigenvalue weighted by atomic mass is 19.4. The Balaban J connectivity index is 1.57. The first kappa shape index (κ1) is 22.1. The molecule has 174 valence electrons. The fourth-order valence-electron chi connectivity index (χ4n) is 4.74. The number of methoxy groups -OCH3 is 1. The first-order valence-electron chi connectivity index (χ1n) is 11.0. The van der Waals surface area contributed by atoms with E-state index in [0.29, 0.717) is 24.0 Å². The smallest absolute Gasteiger partial charge is 0.416 e. The molecular formula is C27H23F3N2O2. The fraction of sp³-hybridized carbons (Fsp3) is 0.222. The molecule has 0 aromatic heterocycles. The molecule has 34 heavy (non-hydrogen) atoms. The zero-order chi connectivity index (χ0) is 23.9. The summed E-state index contributed by atoms with van der Waals surface area (Å²) in [5.74, 6) is 0.660. The number of benzene rings is 3. The quantitative estimate of drug-likeness (QED) is 0.453. The van der Waals surface area contributed by atoms with E-state index in [2.05, 4.69) is 10.6 Å². The number of carbonyl (C=O) groups is 1. The fourth-order valence-corrected chi connectivity index (χ4v) is 4.74. The summed E-state index contributed by atoms with van der Waals surface area (Å²) in [6, 6.07) is 19.7. The minimum absolute atomic E-state index is 0.0348. The van der Waals surface area contributed by atoms with Crippen LogP contribution in [0.2, 0.25) is 0 Å². The van der Waals surface area contributed by atoms with E-state index < -0.39 is 17.8 Å². The molecule has 2 N–H and O–H groups in total. The zero-order valence-electron chi connectivity index (χ0n) is 18.4. The van der Waals surface area contributed by atoms with E-state index in [-0.39, 0.29) is 11.7 Å². The van der Waals surface area contributed by atoms with Gasteiger partial charge in [0.2, 0.25) is 0 Å². The first-order valence-corrected chi connectivity index (χ1v) is 11.0. The zero-order valence-corrected chi connectivity index (χ0v) is 18.4.